The zero-order valence-corrected chi connectivity index (χ0v) is 12.0. The molecule has 20 heavy (non-hydrogen) atoms. The molecule has 0 spiro atoms. The van der Waals surface area contributed by atoms with E-state index in [1.165, 1.54) is 0 Å². The molecular weight excluding hydrogens is 276 g/mol. The highest BCUT2D eigenvalue weighted by Gasteiger charge is 2.07. The van der Waals surface area contributed by atoms with Crippen LogP contribution in [-0.4, -0.2) is 15.5 Å². The summed E-state index contributed by atoms with van der Waals surface area (Å²) in [5, 5.41) is 3.73. The number of imidazole rings is 1. The highest BCUT2D eigenvalue weighted by Crippen LogP contribution is 2.23. The lowest BCUT2D eigenvalue weighted by Crippen LogP contribution is -2.12. The molecule has 0 aliphatic rings. The third-order valence-corrected chi connectivity index (χ3v) is 3.28. The largest absolute Gasteiger partial charge is 0.377 e. The van der Waals surface area contributed by atoms with Crippen molar-refractivity contribution in [3.8, 4) is 0 Å². The van der Waals surface area contributed by atoms with Gasteiger partial charge in [-0.2, -0.15) is 0 Å². The van der Waals surface area contributed by atoms with E-state index in [-0.39, 0.29) is 0 Å². The Balaban J connectivity index is 2.12. The van der Waals surface area contributed by atoms with Crippen LogP contribution in [0.5, 0.6) is 0 Å². The molecule has 106 valence electrons. The van der Waals surface area contributed by atoms with Gasteiger partial charge in [-0.25, -0.2) is 4.98 Å². The van der Waals surface area contributed by atoms with E-state index in [2.05, 4.69) is 21.8 Å². The average Bonchev–Trinajstić information content (AvgIpc) is 2.85. The number of benzene rings is 1. The third-order valence-electron chi connectivity index (χ3n) is 2.95. The van der Waals surface area contributed by atoms with E-state index in [1.807, 2.05) is 6.20 Å². The quantitative estimate of drug-likeness (QED) is 0.859. The van der Waals surface area contributed by atoms with Crippen LogP contribution < -0.4 is 11.1 Å². The Morgan fingerprint density at radius 3 is 3.00 bits per heavy atom. The van der Waals surface area contributed by atoms with Crippen molar-refractivity contribution >= 4 is 23.2 Å². The van der Waals surface area contributed by atoms with Gasteiger partial charge in [-0.15, -0.1) is 0 Å². The topological polar surface area (TPSA) is 72.9 Å². The molecule has 1 amide bonds. The lowest BCUT2D eigenvalue weighted by atomic mass is 10.2. The second kappa shape index (κ2) is 6.43. The van der Waals surface area contributed by atoms with E-state index < -0.39 is 5.91 Å². The van der Waals surface area contributed by atoms with E-state index in [0.29, 0.717) is 22.8 Å². The number of aryl methyl sites for hydroxylation is 1. The maximum absolute atomic E-state index is 11.2. The molecule has 0 aliphatic carbocycles. The first kappa shape index (κ1) is 14.4. The number of anilines is 1. The van der Waals surface area contributed by atoms with Crippen molar-refractivity contribution in [1.29, 1.82) is 0 Å². The summed E-state index contributed by atoms with van der Waals surface area (Å²) in [4.78, 5) is 15.5. The van der Waals surface area contributed by atoms with Crippen molar-refractivity contribution in [2.24, 2.45) is 5.73 Å². The van der Waals surface area contributed by atoms with Crippen LogP contribution >= 0.6 is 11.6 Å². The first-order valence-corrected chi connectivity index (χ1v) is 6.83. The first-order chi connectivity index (χ1) is 9.61. The number of carbonyl (C=O) groups is 1. The van der Waals surface area contributed by atoms with Gasteiger partial charge in [0.1, 0.15) is 5.82 Å². The van der Waals surface area contributed by atoms with Gasteiger partial charge in [-0.05, 0) is 24.6 Å². The fourth-order valence-corrected chi connectivity index (χ4v) is 2.12. The zero-order chi connectivity index (χ0) is 14.5. The molecule has 1 heterocycles. The molecule has 0 atom stereocenters. The molecule has 0 saturated carbocycles. The number of primary amides is 1. The first-order valence-electron chi connectivity index (χ1n) is 6.45. The molecule has 3 N–H and O–H groups in total. The van der Waals surface area contributed by atoms with E-state index in [1.54, 1.807) is 24.4 Å². The summed E-state index contributed by atoms with van der Waals surface area (Å²) in [5.74, 6) is 0.449. The van der Waals surface area contributed by atoms with Gasteiger partial charge >= 0.3 is 0 Å². The Bertz CT molecular complexity index is 609. The molecule has 0 bridgehead atoms. The van der Waals surface area contributed by atoms with Crippen molar-refractivity contribution in [2.45, 2.75) is 26.4 Å². The molecule has 5 nitrogen and oxygen atoms in total. The summed E-state index contributed by atoms with van der Waals surface area (Å²) < 4.78 is 2.08. The summed E-state index contributed by atoms with van der Waals surface area (Å²) in [5.41, 5.74) is 6.36. The third kappa shape index (κ3) is 3.30. The fourth-order valence-electron chi connectivity index (χ4n) is 1.94. The molecule has 6 heteroatoms. The molecule has 0 fully saturated rings. The van der Waals surface area contributed by atoms with Crippen LogP contribution in [0.3, 0.4) is 0 Å². The Morgan fingerprint density at radius 2 is 2.30 bits per heavy atom. The second-order valence-corrected chi connectivity index (χ2v) is 4.86. The lowest BCUT2D eigenvalue weighted by Gasteiger charge is -2.11. The van der Waals surface area contributed by atoms with Gasteiger partial charge in [-0.3, -0.25) is 4.79 Å². The minimum absolute atomic E-state index is 0.425. The van der Waals surface area contributed by atoms with E-state index in [9.17, 15) is 4.79 Å². The maximum atomic E-state index is 11.2. The van der Waals surface area contributed by atoms with Gasteiger partial charge in [0, 0.05) is 24.5 Å². The summed E-state index contributed by atoms with van der Waals surface area (Å²) in [7, 11) is 0. The molecule has 0 saturated heterocycles. The number of halogens is 1. The monoisotopic (exact) mass is 292 g/mol. The number of carbonyl (C=O) groups excluding carboxylic acids is 1. The number of nitrogens with one attached hydrogen (secondary N) is 1. The van der Waals surface area contributed by atoms with E-state index in [4.69, 9.17) is 17.3 Å². The van der Waals surface area contributed by atoms with Crippen LogP contribution in [-0.2, 0) is 13.1 Å². The predicted molar refractivity (Wildman–Crippen MR) is 79.8 cm³/mol. The van der Waals surface area contributed by atoms with E-state index >= 15 is 0 Å². The zero-order valence-electron chi connectivity index (χ0n) is 11.3. The van der Waals surface area contributed by atoms with Crippen LogP contribution in [0.25, 0.3) is 0 Å². The van der Waals surface area contributed by atoms with Crippen LogP contribution in [0.2, 0.25) is 5.02 Å². The van der Waals surface area contributed by atoms with Gasteiger partial charge in [0.2, 0.25) is 5.91 Å². The Hall–Kier alpha value is -2.01. The summed E-state index contributed by atoms with van der Waals surface area (Å²) in [6.45, 7) is 3.57. The minimum atomic E-state index is -0.475. The summed E-state index contributed by atoms with van der Waals surface area (Å²) >= 11 is 6.10. The molecule has 0 aliphatic heterocycles. The van der Waals surface area contributed by atoms with Crippen LogP contribution in [0, 0.1) is 0 Å². The Morgan fingerprint density at radius 1 is 1.50 bits per heavy atom. The van der Waals surface area contributed by atoms with Crippen LogP contribution in [0.15, 0.2) is 30.6 Å². The molecule has 2 rings (SSSR count). The normalized spacial score (nSPS) is 10.5. The van der Waals surface area contributed by atoms with Gasteiger partial charge in [0.25, 0.3) is 0 Å². The molecule has 1 aromatic heterocycles. The fraction of sp³-hybridized carbons (Fsp3) is 0.286. The van der Waals surface area contributed by atoms with Crippen molar-refractivity contribution < 1.29 is 4.79 Å². The van der Waals surface area contributed by atoms with Gasteiger partial charge in [0.15, 0.2) is 0 Å². The number of nitrogens with zero attached hydrogens (tertiary/aromatic N) is 2. The minimum Gasteiger partial charge on any atom is -0.377 e. The SMILES string of the molecule is CCCn1ccnc1CNc1cc(C(N)=O)ccc1Cl. The predicted octanol–water partition coefficient (Wildman–Crippen LogP) is 2.66. The smallest absolute Gasteiger partial charge is 0.248 e. The number of rotatable bonds is 6. The highest BCUT2D eigenvalue weighted by molar-refractivity contribution is 6.33. The Labute approximate surface area is 122 Å². The van der Waals surface area contributed by atoms with Gasteiger partial charge < -0.3 is 15.6 Å². The molecule has 1 aromatic carbocycles. The van der Waals surface area contributed by atoms with Crippen molar-refractivity contribution in [2.75, 3.05) is 5.32 Å². The molecular formula is C14H17ClN4O. The number of hydrogen-bond acceptors (Lipinski definition) is 3. The van der Waals surface area contributed by atoms with Crippen molar-refractivity contribution in [1.82, 2.24) is 9.55 Å². The maximum Gasteiger partial charge on any atom is 0.248 e. The summed E-state index contributed by atoms with van der Waals surface area (Å²) in [6.07, 6.45) is 4.76. The number of hydrogen-bond donors (Lipinski definition) is 2. The van der Waals surface area contributed by atoms with Gasteiger partial charge in [0.05, 0.1) is 17.3 Å². The van der Waals surface area contributed by atoms with Crippen molar-refractivity contribution in [3.63, 3.8) is 0 Å². The molecule has 0 radical (unpaired) electrons. The average molecular weight is 293 g/mol. The second-order valence-electron chi connectivity index (χ2n) is 4.45. The van der Waals surface area contributed by atoms with Gasteiger partial charge in [-0.1, -0.05) is 18.5 Å². The number of amides is 1. The van der Waals surface area contributed by atoms with Crippen LogP contribution in [0.1, 0.15) is 29.5 Å². The summed E-state index contributed by atoms with van der Waals surface area (Å²) in [6, 6.07) is 4.91. The number of aromatic nitrogens is 2. The highest BCUT2D eigenvalue weighted by atomic mass is 35.5. The van der Waals surface area contributed by atoms with Crippen molar-refractivity contribution in [3.05, 3.63) is 47.0 Å². The molecule has 0 unspecified atom stereocenters. The lowest BCUT2D eigenvalue weighted by molar-refractivity contribution is 0.100. The molecule has 2 aromatic rings. The van der Waals surface area contributed by atoms with Crippen LogP contribution in [0.4, 0.5) is 5.69 Å². The Kier molecular flexibility index (Phi) is 4.63. The standard InChI is InChI=1S/C14H17ClN4O/c1-2-6-19-7-5-17-13(19)9-18-12-8-10(14(16)20)3-4-11(12)15/h3-5,7-8,18H,2,6,9H2,1H3,(H2,16,20). The number of nitrogens with two attached hydrogens (primary N) is 1. The van der Waals surface area contributed by atoms with E-state index in [0.717, 1.165) is 18.8 Å².